The van der Waals surface area contributed by atoms with Gasteiger partial charge in [-0.15, -0.1) is 0 Å². The number of rotatable bonds is 4. The molecule has 2 unspecified atom stereocenters. The number of carbonyl (C=O) groups is 1. The van der Waals surface area contributed by atoms with Crippen LogP contribution < -0.4 is 11.1 Å². The number of nitrogens with two attached hydrogens (primary N) is 1. The Balaban J connectivity index is 1.58. The minimum absolute atomic E-state index is 0.132. The first kappa shape index (κ1) is 13.3. The van der Waals surface area contributed by atoms with E-state index in [1.807, 2.05) is 0 Å². The Labute approximate surface area is 118 Å². The van der Waals surface area contributed by atoms with Gasteiger partial charge in [-0.2, -0.15) is 0 Å². The maximum absolute atomic E-state index is 11.3. The normalized spacial score (nSPS) is 26.2. The van der Waals surface area contributed by atoms with Crippen LogP contribution in [0.2, 0.25) is 0 Å². The number of aromatic nitrogens is 1. The summed E-state index contributed by atoms with van der Waals surface area (Å²) in [7, 11) is 0. The molecule has 20 heavy (non-hydrogen) atoms. The molecule has 1 amide bonds. The summed E-state index contributed by atoms with van der Waals surface area (Å²) in [4.78, 5) is 18.0. The van der Waals surface area contributed by atoms with Crippen LogP contribution in [0.5, 0.6) is 0 Å². The van der Waals surface area contributed by atoms with Gasteiger partial charge in [0.05, 0.1) is 18.3 Å². The average Bonchev–Trinajstić information content (AvgIpc) is 2.92. The fraction of sp³-hybridized carbons (Fsp3) is 0.571. The second-order valence-electron chi connectivity index (χ2n) is 5.39. The highest BCUT2D eigenvalue weighted by Gasteiger charge is 2.32. The standard InChI is InChI=1S/C14H20N4O2/c15-13(19)12-4-1-5-16-14(12)17-7-11-8-18-6-2-3-10(18)9-20-11/h1,4-5,10-11H,2-3,6-9H2,(H2,15,19)(H,16,17). The fourth-order valence-electron chi connectivity index (χ4n) is 2.96. The number of ether oxygens (including phenoxy) is 1. The van der Waals surface area contributed by atoms with Crippen molar-refractivity contribution in [2.75, 3.05) is 31.6 Å². The van der Waals surface area contributed by atoms with E-state index in [1.165, 1.54) is 19.4 Å². The number of pyridine rings is 1. The predicted octanol–water partition coefficient (Wildman–Crippen LogP) is 0.456. The van der Waals surface area contributed by atoms with Gasteiger partial charge in [0.2, 0.25) is 0 Å². The highest BCUT2D eigenvalue weighted by molar-refractivity contribution is 5.97. The van der Waals surface area contributed by atoms with Gasteiger partial charge in [-0.25, -0.2) is 4.98 Å². The summed E-state index contributed by atoms with van der Waals surface area (Å²) in [5.41, 5.74) is 5.75. The van der Waals surface area contributed by atoms with Crippen molar-refractivity contribution >= 4 is 11.7 Å². The number of anilines is 1. The topological polar surface area (TPSA) is 80.5 Å². The molecule has 2 aliphatic heterocycles. The van der Waals surface area contributed by atoms with E-state index < -0.39 is 5.91 Å². The fourth-order valence-corrected chi connectivity index (χ4v) is 2.96. The third-order valence-electron chi connectivity index (χ3n) is 4.03. The minimum atomic E-state index is -0.468. The molecule has 0 spiro atoms. The van der Waals surface area contributed by atoms with Crippen LogP contribution in [0.4, 0.5) is 5.82 Å². The van der Waals surface area contributed by atoms with Crippen LogP contribution in [0.15, 0.2) is 18.3 Å². The molecular formula is C14H20N4O2. The summed E-state index contributed by atoms with van der Waals surface area (Å²) < 4.78 is 5.87. The molecule has 2 atom stereocenters. The van der Waals surface area contributed by atoms with Crippen LogP contribution in [-0.2, 0) is 4.74 Å². The third kappa shape index (κ3) is 2.76. The zero-order valence-corrected chi connectivity index (χ0v) is 11.4. The lowest BCUT2D eigenvalue weighted by Crippen LogP contribution is -2.48. The van der Waals surface area contributed by atoms with Crippen molar-refractivity contribution in [3.63, 3.8) is 0 Å². The molecule has 0 aliphatic carbocycles. The van der Waals surface area contributed by atoms with Gasteiger partial charge in [-0.05, 0) is 31.5 Å². The van der Waals surface area contributed by atoms with Gasteiger partial charge in [0, 0.05) is 25.3 Å². The lowest BCUT2D eigenvalue weighted by atomic mass is 10.2. The zero-order chi connectivity index (χ0) is 13.9. The van der Waals surface area contributed by atoms with Crippen LogP contribution in [-0.4, -0.2) is 54.2 Å². The smallest absolute Gasteiger partial charge is 0.252 e. The molecule has 6 heteroatoms. The lowest BCUT2D eigenvalue weighted by Gasteiger charge is -2.35. The van der Waals surface area contributed by atoms with E-state index in [2.05, 4.69) is 15.2 Å². The molecule has 0 saturated carbocycles. The number of fused-ring (bicyclic) bond motifs is 1. The van der Waals surface area contributed by atoms with Crippen molar-refractivity contribution in [3.8, 4) is 0 Å². The Morgan fingerprint density at radius 1 is 1.60 bits per heavy atom. The third-order valence-corrected chi connectivity index (χ3v) is 4.03. The molecule has 0 bridgehead atoms. The quantitative estimate of drug-likeness (QED) is 0.835. The Kier molecular flexibility index (Phi) is 3.84. The lowest BCUT2D eigenvalue weighted by molar-refractivity contribution is -0.0416. The highest BCUT2D eigenvalue weighted by Crippen LogP contribution is 2.22. The largest absolute Gasteiger partial charge is 0.373 e. The van der Waals surface area contributed by atoms with Crippen molar-refractivity contribution in [1.29, 1.82) is 0 Å². The van der Waals surface area contributed by atoms with Crippen molar-refractivity contribution in [2.45, 2.75) is 25.0 Å². The maximum Gasteiger partial charge on any atom is 0.252 e. The number of hydrogen-bond donors (Lipinski definition) is 2. The Hall–Kier alpha value is -1.66. The monoisotopic (exact) mass is 276 g/mol. The molecule has 3 heterocycles. The van der Waals surface area contributed by atoms with Crippen LogP contribution in [0.1, 0.15) is 23.2 Å². The van der Waals surface area contributed by atoms with Gasteiger partial charge in [-0.1, -0.05) is 0 Å². The Morgan fingerprint density at radius 3 is 3.35 bits per heavy atom. The van der Waals surface area contributed by atoms with Crippen LogP contribution in [0, 0.1) is 0 Å². The molecule has 3 rings (SSSR count). The summed E-state index contributed by atoms with van der Waals surface area (Å²) in [5, 5.41) is 3.18. The van der Waals surface area contributed by atoms with Crippen LogP contribution in [0.25, 0.3) is 0 Å². The van der Waals surface area contributed by atoms with E-state index in [1.54, 1.807) is 18.3 Å². The summed E-state index contributed by atoms with van der Waals surface area (Å²) in [6.45, 7) is 3.55. The number of nitrogens with zero attached hydrogens (tertiary/aromatic N) is 2. The average molecular weight is 276 g/mol. The van der Waals surface area contributed by atoms with Gasteiger partial charge in [0.25, 0.3) is 5.91 Å². The Bertz CT molecular complexity index is 494. The number of morpholine rings is 1. The first-order chi connectivity index (χ1) is 9.74. The van der Waals surface area contributed by atoms with E-state index in [4.69, 9.17) is 10.5 Å². The maximum atomic E-state index is 11.3. The summed E-state index contributed by atoms with van der Waals surface area (Å²) in [5.74, 6) is 0.0666. The van der Waals surface area contributed by atoms with Gasteiger partial charge >= 0.3 is 0 Å². The number of hydrogen-bond acceptors (Lipinski definition) is 5. The molecule has 6 nitrogen and oxygen atoms in total. The molecule has 2 aliphatic rings. The SMILES string of the molecule is NC(=O)c1cccnc1NCC1CN2CCCC2CO1. The first-order valence-electron chi connectivity index (χ1n) is 7.08. The van der Waals surface area contributed by atoms with Gasteiger partial charge in [-0.3, -0.25) is 9.69 Å². The first-order valence-corrected chi connectivity index (χ1v) is 7.08. The van der Waals surface area contributed by atoms with Crippen LogP contribution in [0.3, 0.4) is 0 Å². The van der Waals surface area contributed by atoms with Crippen LogP contribution >= 0.6 is 0 Å². The molecule has 108 valence electrons. The van der Waals surface area contributed by atoms with Crippen molar-refractivity contribution in [1.82, 2.24) is 9.88 Å². The van der Waals surface area contributed by atoms with E-state index in [9.17, 15) is 4.79 Å². The highest BCUT2D eigenvalue weighted by atomic mass is 16.5. The summed E-state index contributed by atoms with van der Waals surface area (Å²) in [6.07, 6.45) is 4.28. The number of primary amides is 1. The van der Waals surface area contributed by atoms with Crippen molar-refractivity contribution in [2.24, 2.45) is 5.73 Å². The van der Waals surface area contributed by atoms with Gasteiger partial charge in [0.15, 0.2) is 0 Å². The zero-order valence-electron chi connectivity index (χ0n) is 11.4. The second kappa shape index (κ2) is 5.76. The number of amides is 1. The molecule has 1 aromatic rings. The molecule has 2 saturated heterocycles. The number of nitrogens with one attached hydrogen (secondary N) is 1. The second-order valence-corrected chi connectivity index (χ2v) is 5.39. The molecule has 2 fully saturated rings. The van der Waals surface area contributed by atoms with E-state index >= 15 is 0 Å². The Morgan fingerprint density at radius 2 is 2.50 bits per heavy atom. The van der Waals surface area contributed by atoms with Gasteiger partial charge < -0.3 is 15.8 Å². The summed E-state index contributed by atoms with van der Waals surface area (Å²) in [6, 6.07) is 3.98. The summed E-state index contributed by atoms with van der Waals surface area (Å²) >= 11 is 0. The van der Waals surface area contributed by atoms with E-state index in [0.29, 0.717) is 24.0 Å². The minimum Gasteiger partial charge on any atom is -0.373 e. The van der Waals surface area contributed by atoms with E-state index in [0.717, 1.165) is 13.2 Å². The predicted molar refractivity (Wildman–Crippen MR) is 75.6 cm³/mol. The van der Waals surface area contributed by atoms with Crippen molar-refractivity contribution < 1.29 is 9.53 Å². The molecule has 3 N–H and O–H groups in total. The molecular weight excluding hydrogens is 256 g/mol. The van der Waals surface area contributed by atoms with Gasteiger partial charge in [0.1, 0.15) is 5.82 Å². The molecule has 0 aromatic carbocycles. The molecule has 0 radical (unpaired) electrons. The molecule has 1 aromatic heterocycles. The van der Waals surface area contributed by atoms with Crippen molar-refractivity contribution in [3.05, 3.63) is 23.9 Å². The number of carbonyl (C=O) groups excluding carboxylic acids is 1. The van der Waals surface area contributed by atoms with E-state index in [-0.39, 0.29) is 6.10 Å².